The summed E-state index contributed by atoms with van der Waals surface area (Å²) in [5, 5.41) is 4.28. The Labute approximate surface area is 127 Å². The van der Waals surface area contributed by atoms with Crippen molar-refractivity contribution >= 4 is 0 Å². The van der Waals surface area contributed by atoms with Gasteiger partial charge >= 0.3 is 0 Å². The molecule has 2 fully saturated rings. The maximum absolute atomic E-state index is 5.90. The molecule has 1 aromatic rings. The molecular formula is C16H28N4O. The van der Waals surface area contributed by atoms with Crippen LogP contribution in [0.1, 0.15) is 19.4 Å². The Hall–Kier alpha value is -0.910. The molecule has 1 aromatic heterocycles. The van der Waals surface area contributed by atoms with Crippen molar-refractivity contribution in [2.24, 2.45) is 18.9 Å². The predicted molar refractivity (Wildman–Crippen MR) is 83.0 cm³/mol. The van der Waals surface area contributed by atoms with Crippen molar-refractivity contribution in [3.05, 3.63) is 18.0 Å². The SMILES string of the molecule is CCN(CC)[C@H]1COC[C@@H]2CN(Cc3cnn(C)c3)C[C@@H]21. The summed E-state index contributed by atoms with van der Waals surface area (Å²) < 4.78 is 7.79. The lowest BCUT2D eigenvalue weighted by atomic mass is 9.87. The van der Waals surface area contributed by atoms with Crippen molar-refractivity contribution in [3.8, 4) is 0 Å². The van der Waals surface area contributed by atoms with E-state index in [-0.39, 0.29) is 0 Å². The van der Waals surface area contributed by atoms with Gasteiger partial charge in [0.15, 0.2) is 0 Å². The molecule has 0 N–H and O–H groups in total. The third kappa shape index (κ3) is 3.15. The van der Waals surface area contributed by atoms with E-state index in [1.807, 2.05) is 17.9 Å². The molecule has 3 atom stereocenters. The molecule has 2 aliphatic heterocycles. The predicted octanol–water partition coefficient (Wildman–Crippen LogP) is 1.21. The summed E-state index contributed by atoms with van der Waals surface area (Å²) in [5.74, 6) is 1.45. The summed E-state index contributed by atoms with van der Waals surface area (Å²) >= 11 is 0. The van der Waals surface area contributed by atoms with Gasteiger partial charge in [-0.2, -0.15) is 5.10 Å². The molecule has 5 nitrogen and oxygen atoms in total. The molecule has 0 saturated carbocycles. The molecule has 3 rings (SSSR count). The number of hydrogen-bond donors (Lipinski definition) is 0. The zero-order valence-corrected chi connectivity index (χ0v) is 13.5. The highest BCUT2D eigenvalue weighted by Gasteiger charge is 2.42. The standard InChI is InChI=1S/C16H28N4O/c1-4-20(5-2)16-12-21-11-14-9-19(10-15(14)16)8-13-6-17-18(3)7-13/h6-7,14-16H,4-5,8-12H2,1-3H3/t14-,15-,16-/m0/s1. The molecule has 21 heavy (non-hydrogen) atoms. The number of hydrogen-bond acceptors (Lipinski definition) is 4. The third-order valence-electron chi connectivity index (χ3n) is 5.13. The number of likely N-dealkylation sites (N-methyl/N-ethyl adjacent to an activating group) is 1. The van der Waals surface area contributed by atoms with E-state index in [2.05, 4.69) is 34.9 Å². The molecule has 2 saturated heterocycles. The lowest BCUT2D eigenvalue weighted by Gasteiger charge is -2.39. The number of fused-ring (bicyclic) bond motifs is 1. The fraction of sp³-hybridized carbons (Fsp3) is 0.812. The average Bonchev–Trinajstić information content (AvgIpc) is 3.06. The van der Waals surface area contributed by atoms with Gasteiger partial charge in [0.2, 0.25) is 0 Å². The molecule has 0 unspecified atom stereocenters. The second-order valence-corrected chi connectivity index (χ2v) is 6.47. The van der Waals surface area contributed by atoms with Crippen molar-refractivity contribution < 1.29 is 4.74 Å². The fourth-order valence-electron chi connectivity index (χ4n) is 4.07. The summed E-state index contributed by atoms with van der Waals surface area (Å²) in [6, 6.07) is 0.595. The van der Waals surface area contributed by atoms with Gasteiger partial charge in [0, 0.05) is 50.4 Å². The normalized spacial score (nSPS) is 30.0. The Kier molecular flexibility index (Phi) is 4.62. The van der Waals surface area contributed by atoms with Gasteiger partial charge < -0.3 is 4.74 Å². The molecule has 2 aliphatic rings. The molecule has 0 amide bonds. The zero-order valence-electron chi connectivity index (χ0n) is 13.5. The molecule has 5 heteroatoms. The number of aromatic nitrogens is 2. The topological polar surface area (TPSA) is 33.5 Å². The minimum absolute atomic E-state index is 0.595. The van der Waals surface area contributed by atoms with Gasteiger partial charge in [-0.1, -0.05) is 13.8 Å². The second kappa shape index (κ2) is 6.46. The van der Waals surface area contributed by atoms with Gasteiger partial charge in [-0.05, 0) is 19.0 Å². The van der Waals surface area contributed by atoms with Crippen LogP contribution in [0.4, 0.5) is 0 Å². The highest BCUT2D eigenvalue weighted by atomic mass is 16.5. The Morgan fingerprint density at radius 2 is 2.10 bits per heavy atom. The summed E-state index contributed by atoms with van der Waals surface area (Å²) in [6.45, 7) is 12.0. The van der Waals surface area contributed by atoms with E-state index in [0.29, 0.717) is 12.0 Å². The van der Waals surface area contributed by atoms with Gasteiger partial charge in [-0.25, -0.2) is 0 Å². The Balaban J connectivity index is 1.65. The summed E-state index contributed by atoms with van der Waals surface area (Å²) in [6.07, 6.45) is 4.11. The largest absolute Gasteiger partial charge is 0.379 e. The Bertz CT molecular complexity index is 457. The van der Waals surface area contributed by atoms with Gasteiger partial charge in [-0.3, -0.25) is 14.5 Å². The first kappa shape index (κ1) is 15.0. The summed E-state index contributed by atoms with van der Waals surface area (Å²) in [7, 11) is 1.98. The van der Waals surface area contributed by atoms with E-state index in [1.165, 1.54) is 12.1 Å². The van der Waals surface area contributed by atoms with Crippen LogP contribution in [0, 0.1) is 11.8 Å². The fourth-order valence-corrected chi connectivity index (χ4v) is 4.07. The van der Waals surface area contributed by atoms with Crippen LogP contribution in [-0.4, -0.2) is 65.0 Å². The zero-order chi connectivity index (χ0) is 14.8. The second-order valence-electron chi connectivity index (χ2n) is 6.47. The minimum atomic E-state index is 0.595. The van der Waals surface area contributed by atoms with Crippen LogP contribution in [0.3, 0.4) is 0 Å². The van der Waals surface area contributed by atoms with Gasteiger partial charge in [0.1, 0.15) is 0 Å². The smallest absolute Gasteiger partial charge is 0.0625 e. The van der Waals surface area contributed by atoms with E-state index in [0.717, 1.165) is 45.3 Å². The van der Waals surface area contributed by atoms with Crippen molar-refractivity contribution in [3.63, 3.8) is 0 Å². The molecule has 118 valence electrons. The maximum Gasteiger partial charge on any atom is 0.0625 e. The lowest BCUT2D eigenvalue weighted by molar-refractivity contribution is -0.0348. The van der Waals surface area contributed by atoms with Crippen molar-refractivity contribution in [1.82, 2.24) is 19.6 Å². The molecule has 3 heterocycles. The third-order valence-corrected chi connectivity index (χ3v) is 5.13. The molecule has 0 aromatic carbocycles. The van der Waals surface area contributed by atoms with Crippen molar-refractivity contribution in [2.75, 3.05) is 39.4 Å². The van der Waals surface area contributed by atoms with Gasteiger partial charge in [0.05, 0.1) is 19.4 Å². The van der Waals surface area contributed by atoms with Gasteiger partial charge in [0.25, 0.3) is 0 Å². The van der Waals surface area contributed by atoms with Crippen LogP contribution in [0.5, 0.6) is 0 Å². The highest BCUT2D eigenvalue weighted by Crippen LogP contribution is 2.33. The molecule has 0 radical (unpaired) electrons. The average molecular weight is 292 g/mol. The molecule has 0 aliphatic carbocycles. The van der Waals surface area contributed by atoms with Crippen LogP contribution in [0.25, 0.3) is 0 Å². The lowest BCUT2D eigenvalue weighted by Crippen LogP contribution is -2.50. The molecular weight excluding hydrogens is 264 g/mol. The van der Waals surface area contributed by atoms with Crippen molar-refractivity contribution in [2.45, 2.75) is 26.4 Å². The number of aryl methyl sites for hydroxylation is 1. The number of likely N-dealkylation sites (tertiary alicyclic amines) is 1. The van der Waals surface area contributed by atoms with Crippen LogP contribution in [0.15, 0.2) is 12.4 Å². The number of ether oxygens (including phenoxy) is 1. The molecule has 0 spiro atoms. The number of rotatable bonds is 5. The maximum atomic E-state index is 5.90. The van der Waals surface area contributed by atoms with Gasteiger partial charge in [-0.15, -0.1) is 0 Å². The van der Waals surface area contributed by atoms with E-state index in [1.54, 1.807) is 0 Å². The first-order chi connectivity index (χ1) is 10.2. The van der Waals surface area contributed by atoms with E-state index in [9.17, 15) is 0 Å². The summed E-state index contributed by atoms with van der Waals surface area (Å²) in [5.41, 5.74) is 1.32. The quantitative estimate of drug-likeness (QED) is 0.817. The van der Waals surface area contributed by atoms with Crippen molar-refractivity contribution in [1.29, 1.82) is 0 Å². The van der Waals surface area contributed by atoms with E-state index >= 15 is 0 Å². The van der Waals surface area contributed by atoms with Crippen LogP contribution >= 0.6 is 0 Å². The highest BCUT2D eigenvalue weighted by molar-refractivity contribution is 5.05. The minimum Gasteiger partial charge on any atom is -0.379 e. The monoisotopic (exact) mass is 292 g/mol. The Morgan fingerprint density at radius 1 is 1.29 bits per heavy atom. The summed E-state index contributed by atoms with van der Waals surface area (Å²) in [4.78, 5) is 5.15. The van der Waals surface area contributed by atoms with Crippen LogP contribution < -0.4 is 0 Å². The first-order valence-corrected chi connectivity index (χ1v) is 8.23. The van der Waals surface area contributed by atoms with E-state index < -0.39 is 0 Å². The Morgan fingerprint density at radius 3 is 2.76 bits per heavy atom. The van der Waals surface area contributed by atoms with E-state index in [4.69, 9.17) is 4.74 Å². The number of nitrogens with zero attached hydrogens (tertiary/aromatic N) is 4. The first-order valence-electron chi connectivity index (χ1n) is 8.23. The van der Waals surface area contributed by atoms with Crippen LogP contribution in [0.2, 0.25) is 0 Å². The van der Waals surface area contributed by atoms with Crippen LogP contribution in [-0.2, 0) is 18.3 Å². The molecule has 0 bridgehead atoms.